The largest absolute Gasteiger partial charge is 0.300 e. The van der Waals surface area contributed by atoms with E-state index in [1.54, 1.807) is 30.6 Å². The lowest BCUT2D eigenvalue weighted by atomic mass is 10.0. The second-order valence-electron chi connectivity index (χ2n) is 6.21. The van der Waals surface area contributed by atoms with Crippen LogP contribution in [0.3, 0.4) is 0 Å². The molecule has 1 aliphatic rings. The predicted molar refractivity (Wildman–Crippen MR) is 112 cm³/mol. The molecule has 1 aromatic heterocycles. The third-order valence-electron chi connectivity index (χ3n) is 4.26. The maximum Gasteiger partial charge on any atom is 0.205 e. The van der Waals surface area contributed by atoms with Crippen LogP contribution in [0.4, 0.5) is 5.69 Å². The van der Waals surface area contributed by atoms with Crippen molar-refractivity contribution in [2.24, 2.45) is 0 Å². The highest BCUT2D eigenvalue weighted by atomic mass is 32.2. The zero-order chi connectivity index (χ0) is 19.3. The van der Waals surface area contributed by atoms with Crippen LogP contribution in [0.15, 0.2) is 78.0 Å². The molecule has 2 heterocycles. The fourth-order valence-corrected chi connectivity index (χ4v) is 3.85. The van der Waals surface area contributed by atoms with Gasteiger partial charge in [-0.3, -0.25) is 9.78 Å². The molecule has 1 atom stereocenters. The molecule has 0 spiro atoms. The molecule has 0 aliphatic carbocycles. The number of anilines is 1. The van der Waals surface area contributed by atoms with Crippen LogP contribution >= 0.6 is 0 Å². The number of ketones is 1. The van der Waals surface area contributed by atoms with Gasteiger partial charge in [-0.2, -0.15) is 0 Å². The molecule has 1 unspecified atom stereocenters. The molecular formula is C23H16N2O2S. The van der Waals surface area contributed by atoms with Crippen LogP contribution in [-0.4, -0.2) is 15.0 Å². The minimum absolute atomic E-state index is 0.237. The monoisotopic (exact) mass is 384 g/mol. The van der Waals surface area contributed by atoms with E-state index in [1.165, 1.54) is 0 Å². The number of allylic oxidation sites excluding steroid dienone is 1. The molecule has 0 radical (unpaired) electrons. The second kappa shape index (κ2) is 8.03. The standard InChI is InChI=1S/C23H16N2O2S/c26-23-20-15-19(8-4-7-17-11-13-24-14-12-17)9-10-21(20)25-28(27)22(23)16-18-5-2-1-3-6-18/h1-3,5-6,9-16,25H,7H2/b22-16+. The summed E-state index contributed by atoms with van der Waals surface area (Å²) in [5.41, 5.74) is 3.71. The average Bonchev–Trinajstić information content (AvgIpc) is 2.73. The Kier molecular flexibility index (Phi) is 5.14. The Labute approximate surface area is 165 Å². The summed E-state index contributed by atoms with van der Waals surface area (Å²) in [6.07, 6.45) is 5.74. The van der Waals surface area contributed by atoms with Crippen LogP contribution < -0.4 is 4.72 Å². The van der Waals surface area contributed by atoms with Crippen LogP contribution in [0, 0.1) is 11.8 Å². The highest BCUT2D eigenvalue weighted by Crippen LogP contribution is 2.29. The quantitative estimate of drug-likeness (QED) is 0.537. The van der Waals surface area contributed by atoms with Crippen molar-refractivity contribution in [2.45, 2.75) is 6.42 Å². The summed E-state index contributed by atoms with van der Waals surface area (Å²) in [6, 6.07) is 18.5. The fourth-order valence-electron chi connectivity index (χ4n) is 2.84. The van der Waals surface area contributed by atoms with Gasteiger partial charge in [0.1, 0.15) is 4.91 Å². The van der Waals surface area contributed by atoms with Gasteiger partial charge in [0.05, 0.1) is 5.69 Å². The normalized spacial score (nSPS) is 16.6. The molecule has 5 heteroatoms. The zero-order valence-electron chi connectivity index (χ0n) is 14.9. The number of hydrogen-bond donors (Lipinski definition) is 1. The number of nitrogens with one attached hydrogen (secondary N) is 1. The number of Topliss-reactive ketones (excluding diaryl/α,β-unsaturated/α-hetero) is 1. The maximum absolute atomic E-state index is 12.9. The SMILES string of the molecule is O=C1/C(=C\c2ccccc2)S(=O)Nc2ccc(C#CCc3ccncc3)cc21. The molecule has 4 nitrogen and oxygen atoms in total. The predicted octanol–water partition coefficient (Wildman–Crippen LogP) is 3.99. The number of benzene rings is 2. The number of carbonyl (C=O) groups excluding carboxylic acids is 1. The Morgan fingerprint density at radius 2 is 1.82 bits per heavy atom. The van der Waals surface area contributed by atoms with Gasteiger partial charge in [0.25, 0.3) is 0 Å². The highest BCUT2D eigenvalue weighted by molar-refractivity contribution is 7.91. The number of aromatic nitrogens is 1. The Bertz CT molecular complexity index is 1140. The maximum atomic E-state index is 12.9. The van der Waals surface area contributed by atoms with Crippen LogP contribution in [-0.2, 0) is 17.4 Å². The van der Waals surface area contributed by atoms with Gasteiger partial charge in [0, 0.05) is 29.9 Å². The van der Waals surface area contributed by atoms with E-state index in [0.717, 1.165) is 16.7 Å². The number of nitrogens with zero attached hydrogens (tertiary/aromatic N) is 1. The fraction of sp³-hybridized carbons (Fsp3) is 0.0435. The van der Waals surface area contributed by atoms with Crippen molar-refractivity contribution >= 4 is 28.5 Å². The van der Waals surface area contributed by atoms with Crippen molar-refractivity contribution in [1.82, 2.24) is 4.98 Å². The van der Waals surface area contributed by atoms with Crippen molar-refractivity contribution in [3.63, 3.8) is 0 Å². The first-order valence-electron chi connectivity index (χ1n) is 8.72. The summed E-state index contributed by atoms with van der Waals surface area (Å²) in [7, 11) is -1.59. The summed E-state index contributed by atoms with van der Waals surface area (Å²) in [6.45, 7) is 0. The Hall–Kier alpha value is -3.49. The summed E-state index contributed by atoms with van der Waals surface area (Å²) in [4.78, 5) is 17.1. The van der Waals surface area contributed by atoms with Gasteiger partial charge in [-0.05, 0) is 47.5 Å². The summed E-state index contributed by atoms with van der Waals surface area (Å²) >= 11 is 0. The molecule has 0 bridgehead atoms. The molecule has 1 aliphatic heterocycles. The van der Waals surface area contributed by atoms with Crippen molar-refractivity contribution < 1.29 is 9.00 Å². The van der Waals surface area contributed by atoms with Crippen molar-refractivity contribution in [3.05, 3.63) is 100 Å². The molecule has 136 valence electrons. The van der Waals surface area contributed by atoms with E-state index in [-0.39, 0.29) is 10.7 Å². The van der Waals surface area contributed by atoms with Crippen LogP contribution in [0.1, 0.15) is 27.0 Å². The molecule has 28 heavy (non-hydrogen) atoms. The van der Waals surface area contributed by atoms with E-state index in [2.05, 4.69) is 21.5 Å². The summed E-state index contributed by atoms with van der Waals surface area (Å²) in [5, 5.41) is 0. The minimum atomic E-state index is -1.59. The first kappa shape index (κ1) is 17.9. The van der Waals surface area contributed by atoms with Gasteiger partial charge in [-0.15, -0.1) is 0 Å². The summed E-state index contributed by atoms with van der Waals surface area (Å²) in [5.74, 6) is 5.97. The second-order valence-corrected chi connectivity index (χ2v) is 7.39. The van der Waals surface area contributed by atoms with Gasteiger partial charge in [0.15, 0.2) is 11.0 Å². The third-order valence-corrected chi connectivity index (χ3v) is 5.37. The minimum Gasteiger partial charge on any atom is -0.300 e. The number of rotatable bonds is 2. The Balaban J connectivity index is 1.62. The van der Waals surface area contributed by atoms with Gasteiger partial charge in [0.2, 0.25) is 5.78 Å². The van der Waals surface area contributed by atoms with E-state index < -0.39 is 11.0 Å². The first-order chi connectivity index (χ1) is 13.7. The van der Waals surface area contributed by atoms with Crippen molar-refractivity contribution in [3.8, 4) is 11.8 Å². The van der Waals surface area contributed by atoms with Crippen LogP contribution in [0.5, 0.6) is 0 Å². The lowest BCUT2D eigenvalue weighted by Crippen LogP contribution is -2.22. The van der Waals surface area contributed by atoms with E-state index in [0.29, 0.717) is 17.7 Å². The van der Waals surface area contributed by atoms with E-state index in [9.17, 15) is 9.00 Å². The lowest BCUT2D eigenvalue weighted by Gasteiger charge is -2.18. The molecule has 0 amide bonds. The molecule has 1 N–H and O–H groups in total. The first-order valence-corrected chi connectivity index (χ1v) is 9.87. The smallest absolute Gasteiger partial charge is 0.205 e. The van der Waals surface area contributed by atoms with Gasteiger partial charge in [-0.1, -0.05) is 42.2 Å². The van der Waals surface area contributed by atoms with Gasteiger partial charge >= 0.3 is 0 Å². The number of fused-ring (bicyclic) bond motifs is 1. The Morgan fingerprint density at radius 3 is 2.61 bits per heavy atom. The van der Waals surface area contributed by atoms with Crippen molar-refractivity contribution in [1.29, 1.82) is 0 Å². The molecule has 0 saturated heterocycles. The highest BCUT2D eigenvalue weighted by Gasteiger charge is 2.27. The van der Waals surface area contributed by atoms with Crippen LogP contribution in [0.25, 0.3) is 6.08 Å². The summed E-state index contributed by atoms with van der Waals surface area (Å²) < 4.78 is 15.4. The molecular weight excluding hydrogens is 368 g/mol. The zero-order valence-corrected chi connectivity index (χ0v) is 15.7. The average molecular weight is 384 g/mol. The third kappa shape index (κ3) is 3.93. The molecule has 0 saturated carbocycles. The van der Waals surface area contributed by atoms with Crippen LogP contribution in [0.2, 0.25) is 0 Å². The van der Waals surface area contributed by atoms with E-state index in [4.69, 9.17) is 0 Å². The number of pyridine rings is 1. The lowest BCUT2D eigenvalue weighted by molar-refractivity contribution is 0.104. The molecule has 4 rings (SSSR count). The van der Waals surface area contributed by atoms with Crippen molar-refractivity contribution in [2.75, 3.05) is 4.72 Å². The van der Waals surface area contributed by atoms with Gasteiger partial charge < -0.3 is 4.72 Å². The molecule has 0 fully saturated rings. The molecule has 3 aromatic rings. The molecule has 2 aromatic carbocycles. The van der Waals surface area contributed by atoms with E-state index >= 15 is 0 Å². The topological polar surface area (TPSA) is 59.1 Å². The number of carbonyl (C=O) groups is 1. The number of hydrogen-bond acceptors (Lipinski definition) is 3. The Morgan fingerprint density at radius 1 is 1.04 bits per heavy atom. The van der Waals surface area contributed by atoms with Gasteiger partial charge in [-0.25, -0.2) is 4.21 Å². The van der Waals surface area contributed by atoms with E-state index in [1.807, 2.05) is 48.5 Å².